The smallest absolute Gasteiger partial charge is 0.330 e. The Hall–Kier alpha value is -2.94. The van der Waals surface area contributed by atoms with Crippen LogP contribution in [0.1, 0.15) is 21.5 Å². The van der Waals surface area contributed by atoms with Crippen LogP contribution in [0, 0.1) is 0 Å². The van der Waals surface area contributed by atoms with Gasteiger partial charge in [-0.05, 0) is 29.8 Å². The predicted molar refractivity (Wildman–Crippen MR) is 90.2 cm³/mol. The van der Waals surface area contributed by atoms with Crippen LogP contribution in [0.2, 0.25) is 0 Å². The molecule has 2 N–H and O–H groups in total. The number of benzene rings is 2. The van der Waals surface area contributed by atoms with Gasteiger partial charge in [-0.25, -0.2) is 14.2 Å². The highest BCUT2D eigenvalue weighted by Crippen LogP contribution is 2.23. The van der Waals surface area contributed by atoms with Crippen molar-refractivity contribution in [1.82, 2.24) is 5.43 Å². The molecular weight excluding hydrogens is 368 g/mol. The number of nitrogens with one attached hydrogen (secondary N) is 1. The summed E-state index contributed by atoms with van der Waals surface area (Å²) < 4.78 is 54.1. The fraction of sp³-hybridized carbons (Fsp3) is 0.222. The van der Waals surface area contributed by atoms with Crippen LogP contribution >= 0.6 is 0 Å². The van der Waals surface area contributed by atoms with Crippen LogP contribution in [0.25, 0.3) is 0 Å². The van der Waals surface area contributed by atoms with Gasteiger partial charge in [-0.2, -0.15) is 13.9 Å². The quantitative estimate of drug-likeness (QED) is 0.415. The van der Waals surface area contributed by atoms with Crippen molar-refractivity contribution in [1.29, 1.82) is 0 Å². The van der Waals surface area contributed by atoms with Crippen LogP contribution in [0.3, 0.4) is 0 Å². The first kappa shape index (κ1) is 20.4. The summed E-state index contributed by atoms with van der Waals surface area (Å²) in [7, 11) is 0. The highest BCUT2D eigenvalue weighted by molar-refractivity contribution is 5.95. The van der Waals surface area contributed by atoms with Gasteiger partial charge in [0.05, 0.1) is 12.8 Å². The number of alkyl halides is 4. The number of hydrogen-bond donors (Lipinski definition) is 2. The van der Waals surface area contributed by atoms with E-state index >= 15 is 0 Å². The lowest BCUT2D eigenvalue weighted by Gasteiger charge is -2.15. The Balaban J connectivity index is 1.85. The van der Waals surface area contributed by atoms with Gasteiger partial charge < -0.3 is 9.84 Å². The zero-order chi connectivity index (χ0) is 19.9. The van der Waals surface area contributed by atoms with Gasteiger partial charge in [-0.3, -0.25) is 4.79 Å². The second kappa shape index (κ2) is 9.13. The standard InChI is InChI=1S/C18H16F4N2O3/c19-17(20)18(21,22)11-27-10-12-5-7-13(8-6-12)16(26)24-23-9-14-3-1-2-4-15(14)25/h1-9,17,25H,10-11H2,(H,24,26)/b23-9-. The molecule has 0 saturated carbocycles. The molecule has 0 unspecified atom stereocenters. The third-order valence-corrected chi connectivity index (χ3v) is 3.41. The fourth-order valence-electron chi connectivity index (χ4n) is 1.94. The van der Waals surface area contributed by atoms with E-state index in [0.717, 1.165) is 0 Å². The molecule has 9 heteroatoms. The van der Waals surface area contributed by atoms with E-state index in [1.54, 1.807) is 18.2 Å². The lowest BCUT2D eigenvalue weighted by molar-refractivity contribution is -0.168. The van der Waals surface area contributed by atoms with E-state index in [1.165, 1.54) is 36.5 Å². The summed E-state index contributed by atoms with van der Waals surface area (Å²) in [6, 6.07) is 12.1. The third kappa shape index (κ3) is 6.07. The van der Waals surface area contributed by atoms with Crippen molar-refractivity contribution in [3.05, 3.63) is 65.2 Å². The minimum absolute atomic E-state index is 0.0114. The minimum atomic E-state index is -4.20. The van der Waals surface area contributed by atoms with Gasteiger partial charge in [0, 0.05) is 11.1 Å². The maximum Gasteiger partial charge on any atom is 0.330 e. The van der Waals surface area contributed by atoms with E-state index in [9.17, 15) is 27.5 Å². The number of rotatable bonds is 8. The summed E-state index contributed by atoms with van der Waals surface area (Å²) >= 11 is 0. The molecule has 0 radical (unpaired) electrons. The second-order valence-corrected chi connectivity index (χ2v) is 5.51. The zero-order valence-electron chi connectivity index (χ0n) is 13.9. The maximum atomic E-state index is 12.7. The van der Waals surface area contributed by atoms with Gasteiger partial charge in [0.15, 0.2) is 0 Å². The SMILES string of the molecule is O=C(N/N=C\c1ccccc1O)c1ccc(COCC(F)(F)C(F)F)cc1. The number of carbonyl (C=O) groups excluding carboxylic acids is 1. The molecule has 0 aliphatic rings. The van der Waals surface area contributed by atoms with Crippen molar-refractivity contribution in [3.63, 3.8) is 0 Å². The van der Waals surface area contributed by atoms with Crippen LogP contribution in [-0.4, -0.2) is 36.2 Å². The summed E-state index contributed by atoms with van der Waals surface area (Å²) in [5.41, 5.74) is 3.38. The van der Waals surface area contributed by atoms with E-state index in [2.05, 4.69) is 15.3 Å². The number of nitrogens with zero attached hydrogens (tertiary/aromatic N) is 1. The van der Waals surface area contributed by atoms with Crippen LogP contribution < -0.4 is 5.43 Å². The third-order valence-electron chi connectivity index (χ3n) is 3.41. The van der Waals surface area contributed by atoms with Crippen molar-refractivity contribution in [2.75, 3.05) is 6.61 Å². The van der Waals surface area contributed by atoms with E-state index < -0.39 is 24.9 Å². The molecule has 144 valence electrons. The van der Waals surface area contributed by atoms with Crippen LogP contribution in [-0.2, 0) is 11.3 Å². The molecule has 0 heterocycles. The number of phenolic OH excluding ortho intramolecular Hbond substituents is 1. The summed E-state index contributed by atoms with van der Waals surface area (Å²) in [6.07, 6.45) is -2.51. The second-order valence-electron chi connectivity index (χ2n) is 5.51. The molecule has 2 rings (SSSR count). The zero-order valence-corrected chi connectivity index (χ0v) is 13.9. The first-order chi connectivity index (χ1) is 12.8. The normalized spacial score (nSPS) is 11.9. The molecule has 0 saturated heterocycles. The summed E-state index contributed by atoms with van der Waals surface area (Å²) in [6.45, 7) is -1.69. The van der Waals surface area contributed by atoms with Crippen LogP contribution in [0.15, 0.2) is 53.6 Å². The lowest BCUT2D eigenvalue weighted by Crippen LogP contribution is -2.32. The Morgan fingerprint density at radius 3 is 2.48 bits per heavy atom. The van der Waals surface area contributed by atoms with E-state index in [4.69, 9.17) is 0 Å². The topological polar surface area (TPSA) is 70.9 Å². The van der Waals surface area contributed by atoms with Crippen molar-refractivity contribution in [2.45, 2.75) is 19.0 Å². The Morgan fingerprint density at radius 1 is 1.19 bits per heavy atom. The fourth-order valence-corrected chi connectivity index (χ4v) is 1.94. The van der Waals surface area contributed by atoms with E-state index in [0.29, 0.717) is 11.1 Å². The Bertz CT molecular complexity index is 795. The molecule has 0 aliphatic heterocycles. The predicted octanol–water partition coefficient (Wildman–Crippen LogP) is 3.57. The number of halogens is 4. The number of ether oxygens (including phenoxy) is 1. The monoisotopic (exact) mass is 384 g/mol. The number of hydrogen-bond acceptors (Lipinski definition) is 4. The van der Waals surface area contributed by atoms with Gasteiger partial charge >= 0.3 is 12.3 Å². The van der Waals surface area contributed by atoms with Gasteiger partial charge in [0.1, 0.15) is 12.4 Å². The number of phenols is 1. The Morgan fingerprint density at radius 2 is 1.85 bits per heavy atom. The number of hydrazone groups is 1. The number of carbonyl (C=O) groups is 1. The molecule has 0 spiro atoms. The first-order valence-corrected chi connectivity index (χ1v) is 7.73. The van der Waals surface area contributed by atoms with Crippen molar-refractivity contribution < 1.29 is 32.2 Å². The molecule has 2 aromatic rings. The molecule has 0 aliphatic carbocycles. The summed E-state index contributed by atoms with van der Waals surface area (Å²) in [5, 5.41) is 13.3. The highest BCUT2D eigenvalue weighted by atomic mass is 19.3. The van der Waals surface area contributed by atoms with E-state index in [1.807, 2.05) is 0 Å². The number of aromatic hydroxyl groups is 1. The van der Waals surface area contributed by atoms with Crippen LogP contribution in [0.5, 0.6) is 5.75 Å². The van der Waals surface area contributed by atoms with Crippen LogP contribution in [0.4, 0.5) is 17.6 Å². The van der Waals surface area contributed by atoms with Gasteiger partial charge in [-0.1, -0.05) is 24.3 Å². The molecule has 0 bridgehead atoms. The van der Waals surface area contributed by atoms with Gasteiger partial charge in [-0.15, -0.1) is 0 Å². The molecule has 27 heavy (non-hydrogen) atoms. The average Bonchev–Trinajstić information content (AvgIpc) is 2.63. The Kier molecular flexibility index (Phi) is 6.89. The molecule has 2 aromatic carbocycles. The largest absolute Gasteiger partial charge is 0.507 e. The van der Waals surface area contributed by atoms with Crippen molar-refractivity contribution >= 4 is 12.1 Å². The van der Waals surface area contributed by atoms with Crippen molar-refractivity contribution in [3.8, 4) is 5.75 Å². The minimum Gasteiger partial charge on any atom is -0.507 e. The first-order valence-electron chi connectivity index (χ1n) is 7.73. The molecule has 0 fully saturated rings. The molecule has 5 nitrogen and oxygen atoms in total. The maximum absolute atomic E-state index is 12.7. The van der Waals surface area contributed by atoms with E-state index in [-0.39, 0.29) is 17.9 Å². The number of amides is 1. The molecule has 0 aromatic heterocycles. The summed E-state index contributed by atoms with van der Waals surface area (Å²) in [4.78, 5) is 12.0. The van der Waals surface area contributed by atoms with Crippen molar-refractivity contribution in [2.24, 2.45) is 5.10 Å². The summed E-state index contributed by atoms with van der Waals surface area (Å²) in [5.74, 6) is -4.72. The molecule has 0 atom stereocenters. The van der Waals surface area contributed by atoms with Gasteiger partial charge in [0.25, 0.3) is 5.91 Å². The van der Waals surface area contributed by atoms with Gasteiger partial charge in [0.2, 0.25) is 0 Å². The number of para-hydroxylation sites is 1. The average molecular weight is 384 g/mol. The Labute approximate surface area is 152 Å². The lowest BCUT2D eigenvalue weighted by atomic mass is 10.1. The molecular formula is C18H16F4N2O3. The highest BCUT2D eigenvalue weighted by Gasteiger charge is 2.40. The molecule has 1 amide bonds.